The maximum absolute atomic E-state index is 11.7. The van der Waals surface area contributed by atoms with E-state index in [0.29, 0.717) is 23.5 Å². The van der Waals surface area contributed by atoms with Gasteiger partial charge in [-0.25, -0.2) is 0 Å². The number of hydrogen-bond donors (Lipinski definition) is 2. The summed E-state index contributed by atoms with van der Waals surface area (Å²) in [4.78, 5) is 11.7. The molecule has 0 aliphatic carbocycles. The van der Waals surface area contributed by atoms with Crippen LogP contribution in [0.2, 0.25) is 5.02 Å². The SMILES string of the molecule is CC(C)CC(C)NCC(=O)Nc1ccc(Cl)cc1. The summed E-state index contributed by atoms with van der Waals surface area (Å²) in [5, 5.41) is 6.69. The highest BCUT2D eigenvalue weighted by Crippen LogP contribution is 2.13. The van der Waals surface area contributed by atoms with Crippen molar-refractivity contribution in [2.75, 3.05) is 11.9 Å². The number of amides is 1. The van der Waals surface area contributed by atoms with Crippen molar-refractivity contribution in [1.29, 1.82) is 0 Å². The van der Waals surface area contributed by atoms with Crippen molar-refractivity contribution < 1.29 is 4.79 Å². The maximum Gasteiger partial charge on any atom is 0.238 e. The van der Waals surface area contributed by atoms with E-state index in [-0.39, 0.29) is 5.91 Å². The molecule has 4 heteroatoms. The minimum atomic E-state index is -0.0343. The van der Waals surface area contributed by atoms with E-state index >= 15 is 0 Å². The van der Waals surface area contributed by atoms with Gasteiger partial charge in [0.05, 0.1) is 6.54 Å². The summed E-state index contributed by atoms with van der Waals surface area (Å²) in [6, 6.07) is 7.44. The van der Waals surface area contributed by atoms with Gasteiger partial charge in [0.2, 0.25) is 5.91 Å². The molecular formula is C14H21ClN2O. The highest BCUT2D eigenvalue weighted by molar-refractivity contribution is 6.30. The molecule has 0 saturated heterocycles. The van der Waals surface area contributed by atoms with Gasteiger partial charge in [0.15, 0.2) is 0 Å². The number of hydrogen-bond acceptors (Lipinski definition) is 2. The first-order chi connectivity index (χ1) is 8.47. The lowest BCUT2D eigenvalue weighted by atomic mass is 10.1. The summed E-state index contributed by atoms with van der Waals surface area (Å²) in [6.45, 7) is 6.77. The number of carbonyl (C=O) groups is 1. The number of rotatable bonds is 6. The van der Waals surface area contributed by atoms with Crippen molar-refractivity contribution >= 4 is 23.2 Å². The van der Waals surface area contributed by atoms with Crippen molar-refractivity contribution in [3.05, 3.63) is 29.3 Å². The Hall–Kier alpha value is -1.06. The molecule has 3 nitrogen and oxygen atoms in total. The summed E-state index contributed by atoms with van der Waals surface area (Å²) >= 11 is 5.77. The highest BCUT2D eigenvalue weighted by Gasteiger charge is 2.07. The van der Waals surface area contributed by atoms with Crippen LogP contribution in [0.25, 0.3) is 0 Å². The van der Waals surface area contributed by atoms with Crippen LogP contribution in [0.5, 0.6) is 0 Å². The van der Waals surface area contributed by atoms with Crippen LogP contribution in [0.1, 0.15) is 27.2 Å². The molecule has 0 bridgehead atoms. The third-order valence-electron chi connectivity index (χ3n) is 2.56. The van der Waals surface area contributed by atoms with Gasteiger partial charge in [-0.3, -0.25) is 4.79 Å². The summed E-state index contributed by atoms with van der Waals surface area (Å²) in [5.41, 5.74) is 0.766. The van der Waals surface area contributed by atoms with Gasteiger partial charge in [-0.1, -0.05) is 25.4 Å². The largest absolute Gasteiger partial charge is 0.325 e. The molecule has 2 N–H and O–H groups in total. The number of nitrogens with one attached hydrogen (secondary N) is 2. The average molecular weight is 269 g/mol. The summed E-state index contributed by atoms with van der Waals surface area (Å²) < 4.78 is 0. The normalized spacial score (nSPS) is 12.5. The molecule has 1 unspecified atom stereocenters. The molecule has 0 aromatic heterocycles. The Morgan fingerprint density at radius 1 is 1.22 bits per heavy atom. The second-order valence-electron chi connectivity index (χ2n) is 4.97. The fourth-order valence-electron chi connectivity index (χ4n) is 1.80. The predicted octanol–water partition coefficient (Wildman–Crippen LogP) is 3.30. The van der Waals surface area contributed by atoms with Crippen LogP contribution < -0.4 is 10.6 Å². The first kappa shape index (κ1) is 15.0. The van der Waals surface area contributed by atoms with E-state index in [4.69, 9.17) is 11.6 Å². The van der Waals surface area contributed by atoms with Gasteiger partial charge < -0.3 is 10.6 Å². The molecule has 1 aromatic rings. The lowest BCUT2D eigenvalue weighted by molar-refractivity contribution is -0.115. The number of benzene rings is 1. The molecule has 0 fully saturated rings. The van der Waals surface area contributed by atoms with Gasteiger partial charge in [0, 0.05) is 16.8 Å². The smallest absolute Gasteiger partial charge is 0.238 e. The first-order valence-electron chi connectivity index (χ1n) is 6.26. The van der Waals surface area contributed by atoms with Crippen molar-refractivity contribution in [3.8, 4) is 0 Å². The molecular weight excluding hydrogens is 248 g/mol. The summed E-state index contributed by atoms with van der Waals surface area (Å²) in [5.74, 6) is 0.597. The molecule has 1 atom stereocenters. The molecule has 0 saturated carbocycles. The third kappa shape index (κ3) is 6.03. The molecule has 0 radical (unpaired) electrons. The molecule has 0 aliphatic heterocycles. The van der Waals surface area contributed by atoms with Gasteiger partial charge in [-0.05, 0) is 43.5 Å². The molecule has 1 rings (SSSR count). The van der Waals surface area contributed by atoms with E-state index in [1.807, 2.05) is 0 Å². The van der Waals surface area contributed by atoms with Crippen LogP contribution in [0, 0.1) is 5.92 Å². The van der Waals surface area contributed by atoms with Crippen molar-refractivity contribution in [1.82, 2.24) is 5.32 Å². The van der Waals surface area contributed by atoms with E-state index in [1.54, 1.807) is 24.3 Å². The Kier molecular flexibility index (Phi) is 6.16. The number of carbonyl (C=O) groups excluding carboxylic acids is 1. The Labute approximate surface area is 114 Å². The van der Waals surface area contributed by atoms with E-state index in [9.17, 15) is 4.79 Å². The van der Waals surface area contributed by atoms with Gasteiger partial charge in [0.25, 0.3) is 0 Å². The lowest BCUT2D eigenvalue weighted by Crippen LogP contribution is -2.35. The van der Waals surface area contributed by atoms with E-state index in [2.05, 4.69) is 31.4 Å². The first-order valence-corrected chi connectivity index (χ1v) is 6.64. The number of anilines is 1. The monoisotopic (exact) mass is 268 g/mol. The van der Waals surface area contributed by atoms with E-state index in [0.717, 1.165) is 12.1 Å². The zero-order chi connectivity index (χ0) is 13.5. The van der Waals surface area contributed by atoms with Crippen molar-refractivity contribution in [2.45, 2.75) is 33.2 Å². The molecule has 1 aromatic carbocycles. The van der Waals surface area contributed by atoms with Crippen LogP contribution in [-0.2, 0) is 4.79 Å². The molecule has 0 spiro atoms. The van der Waals surface area contributed by atoms with Gasteiger partial charge in [0.1, 0.15) is 0 Å². The topological polar surface area (TPSA) is 41.1 Å². The van der Waals surface area contributed by atoms with Gasteiger partial charge in [-0.2, -0.15) is 0 Å². The molecule has 100 valence electrons. The Bertz CT molecular complexity index is 376. The standard InChI is InChI=1S/C14H21ClN2O/c1-10(2)8-11(3)16-9-14(18)17-13-6-4-12(15)5-7-13/h4-7,10-11,16H,8-9H2,1-3H3,(H,17,18). The van der Waals surface area contributed by atoms with Gasteiger partial charge in [-0.15, -0.1) is 0 Å². The van der Waals surface area contributed by atoms with Crippen molar-refractivity contribution in [3.63, 3.8) is 0 Å². The second kappa shape index (κ2) is 7.39. The van der Waals surface area contributed by atoms with Gasteiger partial charge >= 0.3 is 0 Å². The zero-order valence-corrected chi connectivity index (χ0v) is 11.9. The Morgan fingerprint density at radius 2 is 1.83 bits per heavy atom. The molecule has 1 amide bonds. The van der Waals surface area contributed by atoms with Crippen LogP contribution in [0.3, 0.4) is 0 Å². The quantitative estimate of drug-likeness (QED) is 0.831. The summed E-state index contributed by atoms with van der Waals surface area (Å²) in [6.07, 6.45) is 1.06. The van der Waals surface area contributed by atoms with Crippen molar-refractivity contribution in [2.24, 2.45) is 5.92 Å². The average Bonchev–Trinajstić information content (AvgIpc) is 2.29. The minimum Gasteiger partial charge on any atom is -0.325 e. The lowest BCUT2D eigenvalue weighted by Gasteiger charge is -2.15. The minimum absolute atomic E-state index is 0.0343. The van der Waals surface area contributed by atoms with E-state index < -0.39 is 0 Å². The zero-order valence-electron chi connectivity index (χ0n) is 11.2. The highest BCUT2D eigenvalue weighted by atomic mass is 35.5. The number of halogens is 1. The maximum atomic E-state index is 11.7. The Morgan fingerprint density at radius 3 is 2.39 bits per heavy atom. The Balaban J connectivity index is 2.31. The van der Waals surface area contributed by atoms with Crippen LogP contribution >= 0.6 is 11.6 Å². The molecule has 0 aliphatic rings. The van der Waals surface area contributed by atoms with E-state index in [1.165, 1.54) is 0 Å². The predicted molar refractivity (Wildman–Crippen MR) is 77.0 cm³/mol. The molecule has 18 heavy (non-hydrogen) atoms. The van der Waals surface area contributed by atoms with Crippen LogP contribution in [0.15, 0.2) is 24.3 Å². The second-order valence-corrected chi connectivity index (χ2v) is 5.40. The summed E-state index contributed by atoms with van der Waals surface area (Å²) in [7, 11) is 0. The fraction of sp³-hybridized carbons (Fsp3) is 0.500. The third-order valence-corrected chi connectivity index (χ3v) is 2.82. The van der Waals surface area contributed by atoms with Crippen LogP contribution in [0.4, 0.5) is 5.69 Å². The molecule has 0 heterocycles. The van der Waals surface area contributed by atoms with Crippen LogP contribution in [-0.4, -0.2) is 18.5 Å². The fourth-order valence-corrected chi connectivity index (χ4v) is 1.92.